The van der Waals surface area contributed by atoms with Crippen molar-refractivity contribution in [2.24, 2.45) is 34.5 Å². The van der Waals surface area contributed by atoms with Crippen LogP contribution in [0.4, 0.5) is 0 Å². The van der Waals surface area contributed by atoms with Crippen molar-refractivity contribution in [3.05, 3.63) is 11.6 Å². The van der Waals surface area contributed by atoms with Crippen molar-refractivity contribution < 1.29 is 0 Å². The summed E-state index contributed by atoms with van der Waals surface area (Å²) in [4.78, 5) is 0. The van der Waals surface area contributed by atoms with Crippen LogP contribution in [0.5, 0.6) is 0 Å². The molecule has 0 radical (unpaired) electrons. The lowest BCUT2D eigenvalue weighted by Crippen LogP contribution is -2.50. The predicted octanol–water partition coefficient (Wildman–Crippen LogP) is 6.78. The van der Waals surface area contributed by atoms with E-state index in [1.807, 2.05) is 5.57 Å². The van der Waals surface area contributed by atoms with Gasteiger partial charge in [0.2, 0.25) is 0 Å². The van der Waals surface area contributed by atoms with E-state index in [2.05, 4.69) is 42.5 Å². The number of fused-ring (bicyclic) bond motifs is 5. The lowest BCUT2D eigenvalue weighted by molar-refractivity contribution is -0.0512. The quantitative estimate of drug-likeness (QED) is 0.266. The molecule has 22 heavy (non-hydrogen) atoms. The van der Waals surface area contributed by atoms with E-state index < -0.39 is 0 Å². The van der Waals surface area contributed by atoms with Gasteiger partial charge in [-0.15, -0.1) is 0 Å². The van der Waals surface area contributed by atoms with E-state index >= 15 is 0 Å². The van der Waals surface area contributed by atoms with Gasteiger partial charge in [-0.05, 0) is 103 Å². The van der Waals surface area contributed by atoms with Crippen molar-refractivity contribution >= 4 is 22.6 Å². The minimum Gasteiger partial charge on any atom is -0.0864 e. The first kappa shape index (κ1) is 16.0. The molecule has 0 spiro atoms. The Morgan fingerprint density at radius 1 is 1.09 bits per heavy atom. The number of hydrogen-bond acceptors (Lipinski definition) is 0. The molecule has 0 aromatic heterocycles. The van der Waals surface area contributed by atoms with Crippen LogP contribution >= 0.6 is 22.6 Å². The third kappa shape index (κ3) is 2.19. The highest BCUT2D eigenvalue weighted by atomic mass is 127. The number of hydrogen-bond donors (Lipinski definition) is 0. The molecule has 0 saturated heterocycles. The molecular weight excluding hydrogens is 379 g/mol. The van der Waals surface area contributed by atoms with Crippen LogP contribution in [0.1, 0.15) is 78.1 Å². The molecule has 0 unspecified atom stereocenters. The van der Waals surface area contributed by atoms with Gasteiger partial charge in [-0.25, -0.2) is 0 Å². The van der Waals surface area contributed by atoms with Crippen LogP contribution in [0.2, 0.25) is 0 Å². The zero-order valence-corrected chi connectivity index (χ0v) is 16.7. The lowest BCUT2D eigenvalue weighted by Gasteiger charge is -2.58. The maximum Gasteiger partial charge on any atom is -0.000189 e. The first-order chi connectivity index (χ1) is 10.6. The molecule has 3 saturated carbocycles. The van der Waals surface area contributed by atoms with Crippen LogP contribution < -0.4 is 0 Å². The monoisotopic (exact) mass is 412 g/mol. The summed E-state index contributed by atoms with van der Waals surface area (Å²) < 4.78 is 1.36. The summed E-state index contributed by atoms with van der Waals surface area (Å²) in [5.74, 6) is 4.16. The van der Waals surface area contributed by atoms with Crippen LogP contribution in [-0.4, -0.2) is 4.43 Å². The summed E-state index contributed by atoms with van der Waals surface area (Å²) in [6.07, 6.45) is 17.5. The van der Waals surface area contributed by atoms with Gasteiger partial charge < -0.3 is 0 Å². The van der Waals surface area contributed by atoms with Gasteiger partial charge in [-0.2, -0.15) is 0 Å². The minimum absolute atomic E-state index is 0.587. The Hall–Kier alpha value is 0.470. The van der Waals surface area contributed by atoms with E-state index in [0.717, 1.165) is 23.7 Å². The van der Waals surface area contributed by atoms with Gasteiger partial charge in [0.1, 0.15) is 0 Å². The zero-order valence-electron chi connectivity index (χ0n) is 14.5. The summed E-state index contributed by atoms with van der Waals surface area (Å²) in [6.45, 7) is 5.33. The van der Waals surface area contributed by atoms with Gasteiger partial charge >= 0.3 is 0 Å². The van der Waals surface area contributed by atoms with Gasteiger partial charge in [0.05, 0.1) is 0 Å². The lowest BCUT2D eigenvalue weighted by atomic mass is 9.47. The topological polar surface area (TPSA) is 0 Å². The molecular formula is C21H33I. The third-order valence-electron chi connectivity index (χ3n) is 8.68. The van der Waals surface area contributed by atoms with Crippen LogP contribution in [0.15, 0.2) is 11.6 Å². The molecule has 0 aromatic carbocycles. The van der Waals surface area contributed by atoms with Gasteiger partial charge in [-0.3, -0.25) is 0 Å². The summed E-state index contributed by atoms with van der Waals surface area (Å²) >= 11 is 2.60. The van der Waals surface area contributed by atoms with E-state index in [0.29, 0.717) is 10.8 Å². The number of rotatable bonds is 2. The van der Waals surface area contributed by atoms with Crippen molar-refractivity contribution in [3.8, 4) is 0 Å². The number of halogens is 1. The van der Waals surface area contributed by atoms with Gasteiger partial charge in [0.25, 0.3) is 0 Å². The molecule has 0 heterocycles. The van der Waals surface area contributed by atoms with Gasteiger partial charge in [0, 0.05) is 0 Å². The molecule has 4 aliphatic carbocycles. The summed E-state index contributed by atoms with van der Waals surface area (Å²) in [5, 5.41) is 0. The molecule has 4 rings (SSSR count). The fourth-order valence-electron chi connectivity index (χ4n) is 7.47. The molecule has 0 aromatic rings. The smallest absolute Gasteiger partial charge is 0.000189 e. The molecule has 0 nitrogen and oxygen atoms in total. The molecule has 124 valence electrons. The van der Waals surface area contributed by atoms with Crippen molar-refractivity contribution in [2.45, 2.75) is 78.1 Å². The van der Waals surface area contributed by atoms with Crippen molar-refractivity contribution in [1.29, 1.82) is 0 Å². The first-order valence-corrected chi connectivity index (χ1v) is 11.4. The first-order valence-electron chi connectivity index (χ1n) is 9.85. The highest BCUT2D eigenvalue weighted by Gasteiger charge is 2.58. The van der Waals surface area contributed by atoms with Crippen molar-refractivity contribution in [2.75, 3.05) is 4.43 Å². The molecule has 0 N–H and O–H groups in total. The second-order valence-corrected chi connectivity index (χ2v) is 10.3. The molecule has 3 fully saturated rings. The fraction of sp³-hybridized carbons (Fsp3) is 0.905. The Kier molecular flexibility index (Phi) is 4.19. The van der Waals surface area contributed by atoms with Crippen LogP contribution in [0.3, 0.4) is 0 Å². The second-order valence-electron chi connectivity index (χ2n) is 9.25. The van der Waals surface area contributed by atoms with Gasteiger partial charge in [-0.1, -0.05) is 48.1 Å². The standard InChI is InChI=1S/C21H33I/c1-20-12-4-3-5-15(20)6-8-17-18-9-7-16(11-14-22)21(18,2)13-10-19(17)20/h5,16-19H,3-4,6-14H2,1-2H3/t16-,17+,18+,19+,20+,21-/m1/s1. The Bertz CT molecular complexity index is 467. The summed E-state index contributed by atoms with van der Waals surface area (Å²) in [5.41, 5.74) is 3.15. The second kappa shape index (κ2) is 5.77. The van der Waals surface area contributed by atoms with Crippen molar-refractivity contribution in [1.82, 2.24) is 0 Å². The third-order valence-corrected chi connectivity index (χ3v) is 9.30. The SMILES string of the molecule is C[C@]12CC[C@H]3[C@@H](CCC4=CCCC[C@@]43C)[C@@H]1CC[C@@H]2CCI. The zero-order chi connectivity index (χ0) is 15.4. The Labute approximate surface area is 151 Å². The average Bonchev–Trinajstić information content (AvgIpc) is 2.84. The minimum atomic E-state index is 0.587. The Morgan fingerprint density at radius 3 is 2.77 bits per heavy atom. The number of alkyl halides is 1. The Balaban J connectivity index is 1.62. The highest BCUT2D eigenvalue weighted by Crippen LogP contribution is 2.67. The molecule has 0 aliphatic heterocycles. The van der Waals surface area contributed by atoms with Crippen molar-refractivity contribution in [3.63, 3.8) is 0 Å². The molecule has 4 aliphatic rings. The molecule has 1 heteroatoms. The van der Waals surface area contributed by atoms with E-state index in [1.54, 1.807) is 6.42 Å². The molecule has 0 amide bonds. The predicted molar refractivity (Wildman–Crippen MR) is 103 cm³/mol. The maximum atomic E-state index is 2.69. The molecule has 6 atom stereocenters. The van der Waals surface area contributed by atoms with Crippen LogP contribution in [-0.2, 0) is 0 Å². The van der Waals surface area contributed by atoms with E-state index in [4.69, 9.17) is 0 Å². The maximum absolute atomic E-state index is 2.69. The van der Waals surface area contributed by atoms with Crippen LogP contribution in [0, 0.1) is 34.5 Å². The Morgan fingerprint density at radius 2 is 1.95 bits per heavy atom. The molecule has 0 bridgehead atoms. The van der Waals surface area contributed by atoms with Gasteiger partial charge in [0.15, 0.2) is 0 Å². The largest absolute Gasteiger partial charge is 0.0864 e. The van der Waals surface area contributed by atoms with E-state index in [1.165, 1.54) is 62.2 Å². The fourth-order valence-corrected chi connectivity index (χ4v) is 8.22. The van der Waals surface area contributed by atoms with E-state index in [-0.39, 0.29) is 0 Å². The van der Waals surface area contributed by atoms with Crippen LogP contribution in [0.25, 0.3) is 0 Å². The average molecular weight is 412 g/mol. The summed E-state index contributed by atoms with van der Waals surface area (Å²) in [6, 6.07) is 0. The highest BCUT2D eigenvalue weighted by molar-refractivity contribution is 14.1. The van der Waals surface area contributed by atoms with E-state index in [9.17, 15) is 0 Å². The summed E-state index contributed by atoms with van der Waals surface area (Å²) in [7, 11) is 0. The normalized spacial score (nSPS) is 50.8. The number of allylic oxidation sites excluding steroid dienone is 2.